The molecule has 0 aromatic heterocycles. The monoisotopic (exact) mass is 306 g/mol. The van der Waals surface area contributed by atoms with E-state index < -0.39 is 6.10 Å². The third-order valence-corrected chi connectivity index (χ3v) is 3.83. The second-order valence-corrected chi connectivity index (χ2v) is 5.14. The second-order valence-electron chi connectivity index (χ2n) is 5.14. The molecule has 0 unspecified atom stereocenters. The van der Waals surface area contributed by atoms with Gasteiger partial charge < -0.3 is 19.3 Å². The average molecular weight is 306 g/mol. The van der Waals surface area contributed by atoms with E-state index in [1.807, 2.05) is 31.2 Å². The summed E-state index contributed by atoms with van der Waals surface area (Å²) in [5, 5.41) is 0. The summed E-state index contributed by atoms with van der Waals surface area (Å²) < 4.78 is 10.3. The van der Waals surface area contributed by atoms with Crippen molar-refractivity contribution in [3.8, 4) is 5.75 Å². The zero-order valence-electron chi connectivity index (χ0n) is 13.2. The molecule has 1 aromatic carbocycles. The molecular formula is C16H22N2O4. The molecule has 22 heavy (non-hydrogen) atoms. The number of methoxy groups -OCH3 is 2. The lowest BCUT2D eigenvalue weighted by Crippen LogP contribution is -2.54. The molecule has 1 aliphatic heterocycles. The maximum atomic E-state index is 12.4. The van der Waals surface area contributed by atoms with Gasteiger partial charge in [-0.15, -0.1) is 0 Å². The summed E-state index contributed by atoms with van der Waals surface area (Å²) >= 11 is 0. The van der Waals surface area contributed by atoms with Gasteiger partial charge in [0.15, 0.2) is 0 Å². The van der Waals surface area contributed by atoms with Crippen molar-refractivity contribution < 1.29 is 19.1 Å². The summed E-state index contributed by atoms with van der Waals surface area (Å²) in [5.41, 5.74) is 0.787. The number of ether oxygens (including phenoxy) is 2. The first kappa shape index (κ1) is 16.3. The summed E-state index contributed by atoms with van der Waals surface area (Å²) in [4.78, 5) is 27.9. The lowest BCUT2D eigenvalue weighted by molar-refractivity contribution is -0.145. The molecule has 2 amide bonds. The van der Waals surface area contributed by atoms with Crippen LogP contribution >= 0.6 is 0 Å². The third-order valence-electron chi connectivity index (χ3n) is 3.83. The van der Waals surface area contributed by atoms with Crippen LogP contribution in [0, 0.1) is 0 Å². The van der Waals surface area contributed by atoms with Crippen molar-refractivity contribution in [3.63, 3.8) is 0 Å². The van der Waals surface area contributed by atoms with Gasteiger partial charge in [-0.1, -0.05) is 13.0 Å². The van der Waals surface area contributed by atoms with Crippen molar-refractivity contribution in [1.82, 2.24) is 4.90 Å². The van der Waals surface area contributed by atoms with Gasteiger partial charge in [0.05, 0.1) is 7.11 Å². The van der Waals surface area contributed by atoms with E-state index in [1.165, 1.54) is 7.11 Å². The molecule has 0 aliphatic carbocycles. The van der Waals surface area contributed by atoms with E-state index in [0.29, 0.717) is 25.3 Å². The number of hydrogen-bond donors (Lipinski definition) is 0. The molecule has 1 aliphatic rings. The molecule has 120 valence electrons. The molecule has 1 heterocycles. The molecule has 1 atom stereocenters. The van der Waals surface area contributed by atoms with Gasteiger partial charge in [-0.25, -0.2) is 0 Å². The van der Waals surface area contributed by atoms with Crippen LogP contribution in [0.1, 0.15) is 13.3 Å². The minimum atomic E-state index is -0.476. The zero-order chi connectivity index (χ0) is 16.1. The van der Waals surface area contributed by atoms with Gasteiger partial charge in [-0.2, -0.15) is 0 Å². The van der Waals surface area contributed by atoms with Crippen LogP contribution in [0.4, 0.5) is 5.69 Å². The Morgan fingerprint density at radius 1 is 1.32 bits per heavy atom. The first-order chi connectivity index (χ1) is 10.6. The Morgan fingerprint density at radius 3 is 2.68 bits per heavy atom. The quantitative estimate of drug-likeness (QED) is 0.822. The largest absolute Gasteiger partial charge is 0.497 e. The fraction of sp³-hybridized carbons (Fsp3) is 0.500. The van der Waals surface area contributed by atoms with Crippen LogP contribution in [0.15, 0.2) is 24.3 Å². The molecule has 0 N–H and O–H groups in total. The van der Waals surface area contributed by atoms with Crippen LogP contribution < -0.4 is 9.64 Å². The van der Waals surface area contributed by atoms with Crippen molar-refractivity contribution in [3.05, 3.63) is 24.3 Å². The number of piperazine rings is 1. The predicted octanol–water partition coefficient (Wildman–Crippen LogP) is 1.30. The van der Waals surface area contributed by atoms with E-state index in [9.17, 15) is 9.59 Å². The fourth-order valence-electron chi connectivity index (χ4n) is 2.56. The van der Waals surface area contributed by atoms with Crippen molar-refractivity contribution in [2.45, 2.75) is 19.4 Å². The van der Waals surface area contributed by atoms with Crippen LogP contribution in [0.2, 0.25) is 0 Å². The summed E-state index contributed by atoms with van der Waals surface area (Å²) in [5.74, 6) is 0.483. The molecule has 1 saturated heterocycles. The van der Waals surface area contributed by atoms with E-state index in [1.54, 1.807) is 16.9 Å². The SMILES string of the molecule is CC[C@H](OC)C(=O)N1CCN(c2cccc(OC)c2)C(=O)C1. The number of anilines is 1. The van der Waals surface area contributed by atoms with Crippen molar-refractivity contribution in [2.24, 2.45) is 0 Å². The minimum absolute atomic E-state index is 0.0793. The Hall–Kier alpha value is -2.08. The summed E-state index contributed by atoms with van der Waals surface area (Å²) in [6.07, 6.45) is 0.121. The first-order valence-electron chi connectivity index (χ1n) is 7.36. The highest BCUT2D eigenvalue weighted by Gasteiger charge is 2.31. The van der Waals surface area contributed by atoms with E-state index in [4.69, 9.17) is 9.47 Å². The first-order valence-corrected chi connectivity index (χ1v) is 7.36. The van der Waals surface area contributed by atoms with E-state index in [0.717, 1.165) is 5.69 Å². The third kappa shape index (κ3) is 3.39. The highest BCUT2D eigenvalue weighted by atomic mass is 16.5. The van der Waals surface area contributed by atoms with Crippen LogP contribution in [0.25, 0.3) is 0 Å². The number of amides is 2. The molecule has 0 bridgehead atoms. The molecular weight excluding hydrogens is 284 g/mol. The van der Waals surface area contributed by atoms with Gasteiger partial charge in [-0.3, -0.25) is 9.59 Å². The van der Waals surface area contributed by atoms with Crippen molar-refractivity contribution in [2.75, 3.05) is 38.8 Å². The second kappa shape index (κ2) is 7.26. The van der Waals surface area contributed by atoms with Gasteiger partial charge in [0.2, 0.25) is 5.91 Å². The molecule has 1 aromatic rings. The zero-order valence-corrected chi connectivity index (χ0v) is 13.2. The molecule has 0 saturated carbocycles. The van der Waals surface area contributed by atoms with Crippen LogP contribution in [0.5, 0.6) is 5.75 Å². The summed E-state index contributed by atoms with van der Waals surface area (Å²) in [6.45, 7) is 2.94. The number of rotatable bonds is 5. The number of benzene rings is 1. The van der Waals surface area contributed by atoms with Gasteiger partial charge in [0, 0.05) is 32.0 Å². The number of hydrogen-bond acceptors (Lipinski definition) is 4. The topological polar surface area (TPSA) is 59.1 Å². The number of nitrogens with zero attached hydrogens (tertiary/aromatic N) is 2. The van der Waals surface area contributed by atoms with Gasteiger partial charge >= 0.3 is 0 Å². The van der Waals surface area contributed by atoms with Crippen molar-refractivity contribution in [1.29, 1.82) is 0 Å². The highest BCUT2D eigenvalue weighted by molar-refractivity contribution is 5.98. The van der Waals surface area contributed by atoms with Crippen molar-refractivity contribution >= 4 is 17.5 Å². The van der Waals surface area contributed by atoms with Crippen LogP contribution in [0.3, 0.4) is 0 Å². The van der Waals surface area contributed by atoms with Crippen LogP contribution in [-0.2, 0) is 14.3 Å². The molecule has 2 rings (SSSR count). The molecule has 1 fully saturated rings. The molecule has 0 radical (unpaired) electrons. The summed E-state index contributed by atoms with van der Waals surface area (Å²) in [7, 11) is 3.10. The van der Waals surface area contributed by atoms with E-state index in [-0.39, 0.29) is 18.4 Å². The van der Waals surface area contributed by atoms with E-state index >= 15 is 0 Å². The maximum absolute atomic E-state index is 12.4. The normalized spacial score (nSPS) is 16.6. The Balaban J connectivity index is 2.06. The molecule has 0 spiro atoms. The smallest absolute Gasteiger partial charge is 0.252 e. The van der Waals surface area contributed by atoms with Gasteiger partial charge in [0.25, 0.3) is 5.91 Å². The predicted molar refractivity (Wildman–Crippen MR) is 83.0 cm³/mol. The molecule has 6 nitrogen and oxygen atoms in total. The fourth-order valence-corrected chi connectivity index (χ4v) is 2.56. The number of carbonyl (C=O) groups excluding carboxylic acids is 2. The van der Waals surface area contributed by atoms with Gasteiger partial charge in [0.1, 0.15) is 18.4 Å². The maximum Gasteiger partial charge on any atom is 0.252 e. The summed E-state index contributed by atoms with van der Waals surface area (Å²) in [6, 6.07) is 7.36. The Morgan fingerprint density at radius 2 is 2.09 bits per heavy atom. The van der Waals surface area contributed by atoms with Crippen LogP contribution in [-0.4, -0.2) is 56.7 Å². The lowest BCUT2D eigenvalue weighted by atomic mass is 10.2. The average Bonchev–Trinajstić information content (AvgIpc) is 2.55. The standard InChI is InChI=1S/C16H22N2O4/c1-4-14(22-3)16(20)17-8-9-18(15(19)11-17)12-6-5-7-13(10-12)21-2/h5-7,10,14H,4,8-9,11H2,1-3H3/t14-/m0/s1. The molecule has 6 heteroatoms. The highest BCUT2D eigenvalue weighted by Crippen LogP contribution is 2.23. The Kier molecular flexibility index (Phi) is 5.38. The van der Waals surface area contributed by atoms with E-state index in [2.05, 4.69) is 0 Å². The lowest BCUT2D eigenvalue weighted by Gasteiger charge is -2.35. The van der Waals surface area contributed by atoms with Gasteiger partial charge in [-0.05, 0) is 18.6 Å². The Bertz CT molecular complexity index is 543. The number of carbonyl (C=O) groups is 2. The Labute approximate surface area is 130 Å². The minimum Gasteiger partial charge on any atom is -0.497 e.